The van der Waals surface area contributed by atoms with Crippen LogP contribution in [0.4, 0.5) is 19.0 Å². The fourth-order valence-electron chi connectivity index (χ4n) is 3.76. The molecule has 1 unspecified atom stereocenters. The first-order valence-electron chi connectivity index (χ1n) is 10.3. The van der Waals surface area contributed by atoms with Gasteiger partial charge in [-0.15, -0.1) is 0 Å². The highest BCUT2D eigenvalue weighted by molar-refractivity contribution is 6.10. The Morgan fingerprint density at radius 3 is 2.73 bits per heavy atom. The number of carbonyl (C=O) groups excluding carboxylic acids is 1. The fraction of sp³-hybridized carbons (Fsp3) is 0.364. The molecule has 0 fully saturated rings. The highest BCUT2D eigenvalue weighted by Gasteiger charge is 2.34. The summed E-state index contributed by atoms with van der Waals surface area (Å²) in [5, 5.41) is 15.8. The number of amidine groups is 1. The number of ether oxygens (including phenoxy) is 1. The van der Waals surface area contributed by atoms with E-state index >= 15 is 0 Å². The van der Waals surface area contributed by atoms with Gasteiger partial charge in [0.15, 0.2) is 5.84 Å². The van der Waals surface area contributed by atoms with Crippen LogP contribution >= 0.6 is 0 Å². The third kappa shape index (κ3) is 5.14. The third-order valence-corrected chi connectivity index (χ3v) is 5.29. The summed E-state index contributed by atoms with van der Waals surface area (Å²) in [5.41, 5.74) is 7.89. The maximum atomic E-state index is 13.1. The second-order valence-corrected chi connectivity index (χ2v) is 7.57. The number of halogens is 3. The molecule has 176 valence electrons. The molecular weight excluding hydrogens is 437 g/mol. The Morgan fingerprint density at radius 2 is 2.12 bits per heavy atom. The molecule has 0 saturated heterocycles. The van der Waals surface area contributed by atoms with Crippen LogP contribution in [0.25, 0.3) is 0 Å². The SMILES string of the molecule is CCOc1cc(CN)c2c(c1)C(=O)N(c1cccc(C(=N)N(C=N)C(C)CC(F)(F)F)n1)C2. The summed E-state index contributed by atoms with van der Waals surface area (Å²) in [6, 6.07) is 6.88. The van der Waals surface area contributed by atoms with Crippen LogP contribution in [0.15, 0.2) is 30.3 Å². The number of anilines is 1. The lowest BCUT2D eigenvalue weighted by atomic mass is 10.0. The predicted octanol–water partition coefficient (Wildman–Crippen LogP) is 3.67. The van der Waals surface area contributed by atoms with Gasteiger partial charge in [-0.3, -0.25) is 20.5 Å². The fourth-order valence-corrected chi connectivity index (χ4v) is 3.76. The smallest absolute Gasteiger partial charge is 0.391 e. The molecule has 1 amide bonds. The number of aromatic nitrogens is 1. The Labute approximate surface area is 189 Å². The normalized spacial score (nSPS) is 14.1. The summed E-state index contributed by atoms with van der Waals surface area (Å²) in [6.07, 6.45) is -4.95. The predicted molar refractivity (Wildman–Crippen MR) is 118 cm³/mol. The number of amides is 1. The summed E-state index contributed by atoms with van der Waals surface area (Å²) < 4.78 is 43.9. The minimum atomic E-state index is -4.44. The number of alkyl halides is 3. The standard InChI is InChI=1S/C22H25F3N6O2/c1-3-33-15-7-14(10-26)17-11-30(21(32)16(17)8-15)19-6-4-5-18(29-19)20(28)31(12-27)13(2)9-22(23,24)25/h4-8,12-13,27-28H,3,9-11,26H2,1-2H3. The third-order valence-electron chi connectivity index (χ3n) is 5.29. The molecule has 2 heterocycles. The van der Waals surface area contributed by atoms with Gasteiger partial charge in [-0.05, 0) is 49.2 Å². The number of fused-ring (bicyclic) bond motifs is 1. The molecule has 8 nitrogen and oxygen atoms in total. The van der Waals surface area contributed by atoms with Crippen molar-refractivity contribution in [3.05, 3.63) is 52.7 Å². The molecule has 11 heteroatoms. The molecule has 0 radical (unpaired) electrons. The Bertz CT molecular complexity index is 1070. The van der Waals surface area contributed by atoms with Crippen LogP contribution in [0, 0.1) is 10.8 Å². The van der Waals surface area contributed by atoms with Crippen LogP contribution in [0.1, 0.15) is 47.4 Å². The lowest BCUT2D eigenvalue weighted by Crippen LogP contribution is -2.40. The summed E-state index contributed by atoms with van der Waals surface area (Å²) in [6.45, 7) is 3.98. The Balaban J connectivity index is 1.89. The van der Waals surface area contributed by atoms with Crippen molar-refractivity contribution in [2.24, 2.45) is 5.73 Å². The van der Waals surface area contributed by atoms with Gasteiger partial charge >= 0.3 is 6.18 Å². The molecule has 2 aromatic rings. The minimum absolute atomic E-state index is 0.0443. The van der Waals surface area contributed by atoms with E-state index in [0.29, 0.717) is 24.3 Å². The molecule has 0 bridgehead atoms. The number of nitrogens with two attached hydrogens (primary N) is 1. The highest BCUT2D eigenvalue weighted by Crippen LogP contribution is 2.33. The zero-order valence-electron chi connectivity index (χ0n) is 18.2. The number of carbonyl (C=O) groups is 1. The number of pyridine rings is 1. The van der Waals surface area contributed by atoms with Crippen molar-refractivity contribution >= 4 is 23.9 Å². The number of hydrogen-bond donors (Lipinski definition) is 3. The molecule has 1 aliphatic rings. The first-order chi connectivity index (χ1) is 15.6. The van der Waals surface area contributed by atoms with Crippen molar-refractivity contribution < 1.29 is 22.7 Å². The van der Waals surface area contributed by atoms with Crippen molar-refractivity contribution in [2.75, 3.05) is 11.5 Å². The van der Waals surface area contributed by atoms with E-state index < -0.39 is 18.6 Å². The number of nitrogens with zero attached hydrogens (tertiary/aromatic N) is 3. The van der Waals surface area contributed by atoms with E-state index in [1.54, 1.807) is 24.3 Å². The lowest BCUT2D eigenvalue weighted by molar-refractivity contribution is -0.141. The topological polar surface area (TPSA) is 119 Å². The zero-order chi connectivity index (χ0) is 24.3. The van der Waals surface area contributed by atoms with Crippen LogP contribution in [0.5, 0.6) is 5.75 Å². The van der Waals surface area contributed by atoms with Gasteiger partial charge < -0.3 is 15.4 Å². The molecular formula is C22H25F3N6O2. The monoisotopic (exact) mass is 462 g/mol. The molecule has 0 aliphatic carbocycles. The molecule has 1 atom stereocenters. The van der Waals surface area contributed by atoms with Crippen molar-refractivity contribution in [2.45, 2.75) is 45.6 Å². The van der Waals surface area contributed by atoms with Crippen molar-refractivity contribution in [3.8, 4) is 5.75 Å². The van der Waals surface area contributed by atoms with Crippen LogP contribution in [-0.2, 0) is 13.1 Å². The number of benzene rings is 1. The zero-order valence-corrected chi connectivity index (χ0v) is 18.2. The van der Waals surface area contributed by atoms with E-state index in [-0.39, 0.29) is 36.3 Å². The van der Waals surface area contributed by atoms with Crippen LogP contribution in [0.3, 0.4) is 0 Å². The second kappa shape index (κ2) is 9.57. The first-order valence-corrected chi connectivity index (χ1v) is 10.3. The van der Waals surface area contributed by atoms with Crippen molar-refractivity contribution in [1.29, 1.82) is 10.8 Å². The van der Waals surface area contributed by atoms with Gasteiger partial charge in [0, 0.05) is 18.2 Å². The van der Waals surface area contributed by atoms with Crippen LogP contribution < -0.4 is 15.4 Å². The highest BCUT2D eigenvalue weighted by atomic mass is 19.4. The van der Waals surface area contributed by atoms with Gasteiger partial charge in [0.25, 0.3) is 5.91 Å². The maximum Gasteiger partial charge on any atom is 0.391 e. The maximum absolute atomic E-state index is 13.1. The van der Waals surface area contributed by atoms with E-state index in [4.69, 9.17) is 21.3 Å². The van der Waals surface area contributed by atoms with E-state index in [1.165, 1.54) is 17.9 Å². The summed E-state index contributed by atoms with van der Waals surface area (Å²) >= 11 is 0. The van der Waals surface area contributed by atoms with Gasteiger partial charge in [-0.2, -0.15) is 13.2 Å². The van der Waals surface area contributed by atoms with Gasteiger partial charge in [0.2, 0.25) is 0 Å². The van der Waals surface area contributed by atoms with E-state index in [0.717, 1.165) is 16.0 Å². The van der Waals surface area contributed by atoms with Crippen LogP contribution in [0.2, 0.25) is 0 Å². The number of rotatable bonds is 8. The van der Waals surface area contributed by atoms with Crippen molar-refractivity contribution in [1.82, 2.24) is 9.88 Å². The Kier molecular flexibility index (Phi) is 7.01. The van der Waals surface area contributed by atoms with Crippen molar-refractivity contribution in [3.63, 3.8) is 0 Å². The summed E-state index contributed by atoms with van der Waals surface area (Å²) in [5.74, 6) is 0.101. The quantitative estimate of drug-likeness (QED) is 0.408. The average molecular weight is 462 g/mol. The van der Waals surface area contributed by atoms with E-state index in [1.807, 2.05) is 6.92 Å². The van der Waals surface area contributed by atoms with Gasteiger partial charge in [0.1, 0.15) is 17.3 Å². The summed E-state index contributed by atoms with van der Waals surface area (Å²) in [4.78, 5) is 19.8. The lowest BCUT2D eigenvalue weighted by Gasteiger charge is -2.27. The van der Waals surface area contributed by atoms with E-state index in [2.05, 4.69) is 4.98 Å². The van der Waals surface area contributed by atoms with Gasteiger partial charge in [-0.25, -0.2) is 4.98 Å². The van der Waals surface area contributed by atoms with Gasteiger partial charge in [-0.1, -0.05) is 6.07 Å². The van der Waals surface area contributed by atoms with Gasteiger partial charge in [0.05, 0.1) is 25.9 Å². The second-order valence-electron chi connectivity index (χ2n) is 7.57. The molecule has 3 rings (SSSR count). The Morgan fingerprint density at radius 1 is 1.39 bits per heavy atom. The molecule has 33 heavy (non-hydrogen) atoms. The molecule has 1 aromatic heterocycles. The molecule has 1 aromatic carbocycles. The molecule has 0 spiro atoms. The average Bonchev–Trinajstić information content (AvgIpc) is 3.09. The van der Waals surface area contributed by atoms with E-state index in [9.17, 15) is 18.0 Å². The Hall–Kier alpha value is -3.47. The number of hydrogen-bond acceptors (Lipinski definition) is 6. The minimum Gasteiger partial charge on any atom is -0.494 e. The first kappa shape index (κ1) is 24.2. The summed E-state index contributed by atoms with van der Waals surface area (Å²) in [7, 11) is 0. The van der Waals surface area contributed by atoms with Crippen LogP contribution in [-0.4, -0.2) is 46.8 Å². The molecule has 0 saturated carbocycles. The largest absolute Gasteiger partial charge is 0.494 e. The number of nitrogens with one attached hydrogen (secondary N) is 2. The molecule has 4 N–H and O–H groups in total. The molecule has 1 aliphatic heterocycles.